The number of carbonyl (C=O) groups excluding carboxylic acids is 2. The normalized spacial score (nSPS) is 21.7. The van der Waals surface area contributed by atoms with E-state index in [9.17, 15) is 22.6 Å². The first kappa shape index (κ1) is 24.2. The quantitative estimate of drug-likeness (QED) is 0.297. The van der Waals surface area contributed by atoms with Crippen molar-refractivity contribution < 1.29 is 61.1 Å². The minimum Gasteiger partial charge on any atom is -0.724 e. The largest absolute Gasteiger partial charge is 1.00 e. The predicted octanol–water partition coefficient (Wildman–Crippen LogP) is -2.10. The van der Waals surface area contributed by atoms with Gasteiger partial charge in [-0.15, -0.1) is 10.2 Å². The first-order valence-corrected chi connectivity index (χ1v) is 10.6. The maximum atomic E-state index is 12.4. The van der Waals surface area contributed by atoms with Crippen molar-refractivity contribution in [2.24, 2.45) is 0 Å². The third-order valence-electron chi connectivity index (χ3n) is 4.04. The Bertz CT molecular complexity index is 872. The minimum atomic E-state index is -5.03. The number of alkyl carbamates (subject to hydrolysis) is 1. The van der Waals surface area contributed by atoms with Gasteiger partial charge in [0.15, 0.2) is 0 Å². The van der Waals surface area contributed by atoms with Gasteiger partial charge in [-0.25, -0.2) is 18.0 Å². The smallest absolute Gasteiger partial charge is 0.724 e. The molecule has 3 heterocycles. The number of piperidine rings is 1. The fraction of sp³-hybridized carbons (Fsp3) is 0.714. The number of ether oxygens (including phenoxy) is 1. The van der Waals surface area contributed by atoms with Crippen molar-refractivity contribution in [3.05, 3.63) is 10.0 Å². The van der Waals surface area contributed by atoms with Crippen LogP contribution in [0.25, 0.3) is 0 Å². The molecule has 1 aromatic rings. The van der Waals surface area contributed by atoms with Crippen LogP contribution in [0.3, 0.4) is 0 Å². The summed E-state index contributed by atoms with van der Waals surface area (Å²) in [5, 5.41) is 12.4. The monoisotopic (exact) mass is 457 g/mol. The average molecular weight is 457 g/mol. The van der Waals surface area contributed by atoms with Crippen LogP contribution in [0.2, 0.25) is 0 Å². The molecule has 156 valence electrons. The maximum Gasteiger partial charge on any atom is 1.00 e. The molecule has 1 N–H and O–H groups in total. The van der Waals surface area contributed by atoms with Gasteiger partial charge in [0.2, 0.25) is 10.4 Å². The topological polar surface area (TPSA) is 154 Å². The van der Waals surface area contributed by atoms with Crippen molar-refractivity contribution in [1.29, 1.82) is 0 Å². The van der Waals surface area contributed by atoms with E-state index in [2.05, 4.69) is 19.8 Å². The van der Waals surface area contributed by atoms with Crippen LogP contribution < -0.4 is 34.9 Å². The Morgan fingerprint density at radius 2 is 2.03 bits per heavy atom. The van der Waals surface area contributed by atoms with Crippen LogP contribution >= 0.6 is 11.3 Å². The molecule has 0 spiro atoms. The second-order valence-corrected chi connectivity index (χ2v) is 9.44. The molecular weight excluding hydrogens is 437 g/mol. The number of aromatic nitrogens is 2. The van der Waals surface area contributed by atoms with E-state index in [4.69, 9.17) is 4.74 Å². The summed E-state index contributed by atoms with van der Waals surface area (Å²) in [5.74, 6) is 0. The van der Waals surface area contributed by atoms with Crippen LogP contribution in [0.4, 0.5) is 9.59 Å². The summed E-state index contributed by atoms with van der Waals surface area (Å²) in [5.41, 5.74) is -0.614. The summed E-state index contributed by atoms with van der Waals surface area (Å²) >= 11 is 1.23. The van der Waals surface area contributed by atoms with Crippen LogP contribution in [-0.4, -0.2) is 63.4 Å². The Balaban J connectivity index is 0.00000300. The number of rotatable bonds is 5. The molecule has 2 aliphatic heterocycles. The molecule has 2 aliphatic rings. The summed E-state index contributed by atoms with van der Waals surface area (Å²) in [4.78, 5) is 25.5. The molecule has 2 bridgehead atoms. The summed E-state index contributed by atoms with van der Waals surface area (Å²) in [7, 11) is -5.03. The molecule has 2 atom stereocenters. The Hall–Kier alpha value is -1.03. The number of carbonyl (C=O) groups is 2. The number of amides is 3. The van der Waals surface area contributed by atoms with Crippen molar-refractivity contribution in [1.82, 2.24) is 25.5 Å². The van der Waals surface area contributed by atoms with Gasteiger partial charge in [0, 0.05) is 6.54 Å². The van der Waals surface area contributed by atoms with Crippen LogP contribution in [0.5, 0.6) is 0 Å². The number of hydroxylamine groups is 2. The molecule has 0 aromatic carbocycles. The van der Waals surface area contributed by atoms with E-state index in [-0.39, 0.29) is 42.6 Å². The Morgan fingerprint density at radius 3 is 2.66 bits per heavy atom. The van der Waals surface area contributed by atoms with Crippen molar-refractivity contribution in [3.63, 3.8) is 0 Å². The Labute approximate surface area is 194 Å². The molecule has 15 heteroatoms. The van der Waals surface area contributed by atoms with Gasteiger partial charge in [-0.1, -0.05) is 11.3 Å². The molecule has 0 unspecified atom stereocenters. The zero-order chi connectivity index (χ0) is 20.7. The summed E-state index contributed by atoms with van der Waals surface area (Å²) in [6, 6.07) is -1.61. The summed E-state index contributed by atoms with van der Waals surface area (Å²) in [6.45, 7) is 5.61. The third kappa shape index (κ3) is 6.23. The molecular formula is C14H20N5NaO7S2. The number of hydrogen-bond donors (Lipinski definition) is 1. The zero-order valence-electron chi connectivity index (χ0n) is 16.4. The number of nitrogens with one attached hydrogen (secondary N) is 1. The second-order valence-electron chi connectivity index (χ2n) is 7.38. The van der Waals surface area contributed by atoms with Gasteiger partial charge in [-0.05, 0) is 33.6 Å². The van der Waals surface area contributed by atoms with E-state index < -0.39 is 40.2 Å². The van der Waals surface area contributed by atoms with Gasteiger partial charge < -0.3 is 19.5 Å². The molecule has 3 rings (SSSR count). The second kappa shape index (κ2) is 8.99. The van der Waals surface area contributed by atoms with Gasteiger partial charge in [-0.2, -0.15) is 9.35 Å². The van der Waals surface area contributed by atoms with Crippen molar-refractivity contribution in [2.75, 3.05) is 6.54 Å². The molecule has 12 nitrogen and oxygen atoms in total. The maximum absolute atomic E-state index is 12.4. The van der Waals surface area contributed by atoms with Crippen LogP contribution in [0.1, 0.15) is 49.7 Å². The van der Waals surface area contributed by atoms with Crippen LogP contribution in [0, 0.1) is 0 Å². The fourth-order valence-corrected chi connectivity index (χ4v) is 4.33. The number of fused-ring (bicyclic) bond motifs is 2. The number of urea groups is 1. The van der Waals surface area contributed by atoms with Crippen molar-refractivity contribution in [3.8, 4) is 0 Å². The van der Waals surface area contributed by atoms with E-state index in [0.717, 1.165) is 0 Å². The van der Waals surface area contributed by atoms with Crippen LogP contribution in [0.15, 0.2) is 0 Å². The summed E-state index contributed by atoms with van der Waals surface area (Å²) < 4.78 is 41.9. The average Bonchev–Trinajstić information content (AvgIpc) is 3.11. The zero-order valence-corrected chi connectivity index (χ0v) is 20.1. The first-order valence-electron chi connectivity index (χ1n) is 8.47. The van der Waals surface area contributed by atoms with Gasteiger partial charge in [0.1, 0.15) is 15.6 Å². The van der Waals surface area contributed by atoms with E-state index in [1.54, 1.807) is 20.8 Å². The Kier molecular flexibility index (Phi) is 7.52. The van der Waals surface area contributed by atoms with E-state index in [1.807, 2.05) is 0 Å². The molecule has 1 aromatic heterocycles. The molecule has 2 fully saturated rings. The van der Waals surface area contributed by atoms with Gasteiger partial charge in [0.05, 0.1) is 18.6 Å². The van der Waals surface area contributed by atoms with Crippen molar-refractivity contribution in [2.45, 2.75) is 57.8 Å². The Morgan fingerprint density at radius 1 is 1.34 bits per heavy atom. The predicted molar refractivity (Wildman–Crippen MR) is 93.5 cm³/mol. The third-order valence-corrected chi connectivity index (χ3v) is 5.41. The molecule has 29 heavy (non-hydrogen) atoms. The fourth-order valence-electron chi connectivity index (χ4n) is 3.02. The van der Waals surface area contributed by atoms with E-state index >= 15 is 0 Å². The summed E-state index contributed by atoms with van der Waals surface area (Å²) in [6.07, 6.45) is 0.391. The molecule has 0 radical (unpaired) electrons. The van der Waals surface area contributed by atoms with Crippen molar-refractivity contribution >= 4 is 33.9 Å². The van der Waals surface area contributed by atoms with Crippen LogP contribution in [-0.2, 0) is 26.0 Å². The SMILES string of the molecule is CC(C)(C)OC(=O)NCc1nnc([C@@H]2CC[C@@H]3CN2C(=O)N3OS(=O)(=O)[O-])s1.[Na+]. The molecule has 2 saturated heterocycles. The number of hydrogen-bond acceptors (Lipinski definition) is 10. The minimum absolute atomic E-state index is 0. The van der Waals surface area contributed by atoms with E-state index in [1.165, 1.54) is 16.2 Å². The number of nitrogens with zero attached hydrogens (tertiary/aromatic N) is 4. The molecule has 0 saturated carbocycles. The first-order chi connectivity index (χ1) is 12.9. The van der Waals surface area contributed by atoms with Gasteiger partial charge >= 0.3 is 41.7 Å². The van der Waals surface area contributed by atoms with Gasteiger partial charge in [0.25, 0.3) is 0 Å². The van der Waals surface area contributed by atoms with Gasteiger partial charge in [-0.3, -0.25) is 0 Å². The molecule has 0 aliphatic carbocycles. The van der Waals surface area contributed by atoms with E-state index in [0.29, 0.717) is 27.9 Å². The molecule has 3 amide bonds. The standard InChI is InChI=1S/C14H21N5O7S2.Na/c1-14(2,3)25-12(20)15-6-10-16-17-11(27-10)9-5-4-8-7-18(9)13(21)19(8)26-28(22,23)24;/h8-9H,4-7H2,1-3H3,(H,15,20)(H,22,23,24);/q;+1/p-1/t8-,9+;/m1./s1.